The van der Waals surface area contributed by atoms with Crippen LogP contribution in [0, 0.1) is 0 Å². The monoisotopic (exact) mass is 181 g/mol. The van der Waals surface area contributed by atoms with Gasteiger partial charge in [-0.3, -0.25) is 0 Å². The summed E-state index contributed by atoms with van der Waals surface area (Å²) in [6, 6.07) is 0.961. The first kappa shape index (κ1) is 9.51. The molecular formula is C12H23N+. The molecule has 0 amide bonds. The van der Waals surface area contributed by atoms with E-state index >= 15 is 0 Å². The predicted octanol–water partition coefficient (Wildman–Crippen LogP) is 3.03. The Morgan fingerprint density at radius 1 is 0.615 bits per heavy atom. The molecule has 2 rings (SSSR count). The molecule has 0 N–H and O–H groups in total. The van der Waals surface area contributed by atoms with Gasteiger partial charge in [-0.25, -0.2) is 0 Å². The van der Waals surface area contributed by atoms with Crippen LogP contribution < -0.4 is 4.90 Å². The van der Waals surface area contributed by atoms with Crippen LogP contribution in [0.5, 0.6) is 0 Å². The Balaban J connectivity index is 1.82. The van der Waals surface area contributed by atoms with Gasteiger partial charge in [-0.15, -0.1) is 0 Å². The zero-order chi connectivity index (χ0) is 8.93. The van der Waals surface area contributed by atoms with E-state index in [1.54, 1.807) is 0 Å². The second-order valence-electron chi connectivity index (χ2n) is 4.74. The number of piperidine rings is 1. The van der Waals surface area contributed by atoms with Gasteiger partial charge in [-0.2, -0.15) is 4.90 Å². The molecule has 1 aliphatic carbocycles. The van der Waals surface area contributed by atoms with Gasteiger partial charge < -0.3 is 0 Å². The van der Waals surface area contributed by atoms with Gasteiger partial charge in [0.2, 0.25) is 0 Å². The number of nitrogens with zero attached hydrogens (tertiary/aromatic N) is 1. The fourth-order valence-electron chi connectivity index (χ4n) is 2.91. The van der Waals surface area contributed by atoms with Gasteiger partial charge in [0.05, 0.1) is 0 Å². The Kier molecular flexibility index (Phi) is 3.65. The third-order valence-electron chi connectivity index (χ3n) is 3.73. The summed E-state index contributed by atoms with van der Waals surface area (Å²) in [5, 5.41) is 0. The van der Waals surface area contributed by atoms with Crippen LogP contribution >= 0.6 is 0 Å². The van der Waals surface area contributed by atoms with Crippen LogP contribution in [0.4, 0.5) is 0 Å². The smallest absolute Gasteiger partial charge is 0.132 e. The van der Waals surface area contributed by atoms with Crippen LogP contribution in [0.1, 0.15) is 57.8 Å². The van der Waals surface area contributed by atoms with Gasteiger partial charge in [0.1, 0.15) is 19.1 Å². The third kappa shape index (κ3) is 2.70. The van der Waals surface area contributed by atoms with E-state index in [-0.39, 0.29) is 0 Å². The first-order chi connectivity index (χ1) is 6.47. The lowest BCUT2D eigenvalue weighted by molar-refractivity contribution is 0.252. The highest BCUT2D eigenvalue weighted by atomic mass is 15.2. The fraction of sp³-hybridized carbons (Fsp3) is 1.00. The quantitative estimate of drug-likeness (QED) is 0.433. The molecule has 0 aromatic rings. The van der Waals surface area contributed by atoms with Crippen molar-refractivity contribution < 1.29 is 0 Å². The highest BCUT2D eigenvalue weighted by Crippen LogP contribution is 2.22. The van der Waals surface area contributed by atoms with Crippen molar-refractivity contribution in [3.05, 3.63) is 0 Å². The summed E-state index contributed by atoms with van der Waals surface area (Å²) < 4.78 is 0. The molecule has 1 nitrogen and oxygen atoms in total. The Morgan fingerprint density at radius 3 is 1.77 bits per heavy atom. The molecule has 2 fully saturated rings. The molecule has 1 heterocycles. The average Bonchev–Trinajstić information content (AvgIpc) is 2.47. The molecule has 0 bridgehead atoms. The molecule has 2 aliphatic rings. The summed E-state index contributed by atoms with van der Waals surface area (Å²) in [6.45, 7) is 2.79. The van der Waals surface area contributed by atoms with Crippen LogP contribution in [0.15, 0.2) is 0 Å². The van der Waals surface area contributed by atoms with Gasteiger partial charge in [-0.05, 0) is 19.3 Å². The predicted molar refractivity (Wildman–Crippen MR) is 57.2 cm³/mol. The maximum atomic E-state index is 2.77. The van der Waals surface area contributed by atoms with E-state index in [1.807, 2.05) is 0 Å². The number of rotatable bonds is 1. The molecule has 1 radical (unpaired) electrons. The fourth-order valence-corrected chi connectivity index (χ4v) is 2.91. The van der Waals surface area contributed by atoms with Gasteiger partial charge in [0, 0.05) is 25.7 Å². The largest absolute Gasteiger partial charge is 0.167 e. The second kappa shape index (κ2) is 4.99. The van der Waals surface area contributed by atoms with E-state index in [1.165, 1.54) is 70.9 Å². The van der Waals surface area contributed by atoms with Crippen molar-refractivity contribution in [2.45, 2.75) is 63.8 Å². The average molecular weight is 181 g/mol. The van der Waals surface area contributed by atoms with Crippen molar-refractivity contribution in [1.29, 1.82) is 0 Å². The molecule has 0 spiro atoms. The molecule has 0 atom stereocenters. The Bertz CT molecular complexity index is 130. The van der Waals surface area contributed by atoms with E-state index in [4.69, 9.17) is 0 Å². The lowest BCUT2D eigenvalue weighted by Crippen LogP contribution is -2.44. The van der Waals surface area contributed by atoms with Crippen molar-refractivity contribution in [3.8, 4) is 0 Å². The minimum absolute atomic E-state index is 0.961. The van der Waals surface area contributed by atoms with Crippen molar-refractivity contribution in [2.75, 3.05) is 13.1 Å². The minimum atomic E-state index is 0.961. The molecule has 0 unspecified atom stereocenters. The molecule has 75 valence electrons. The van der Waals surface area contributed by atoms with E-state index in [9.17, 15) is 0 Å². The van der Waals surface area contributed by atoms with Crippen molar-refractivity contribution in [2.24, 2.45) is 0 Å². The number of likely N-dealkylation sites (tertiary alicyclic amines) is 1. The Hall–Kier alpha value is -0.0400. The first-order valence-corrected chi connectivity index (χ1v) is 6.21. The summed E-state index contributed by atoms with van der Waals surface area (Å²) >= 11 is 0. The SMILES string of the molecule is C1CCCC([N+]2CCCCC2)CC1. The van der Waals surface area contributed by atoms with Crippen molar-refractivity contribution in [3.63, 3.8) is 0 Å². The van der Waals surface area contributed by atoms with Crippen LogP contribution in [-0.2, 0) is 0 Å². The Morgan fingerprint density at radius 2 is 1.15 bits per heavy atom. The second-order valence-corrected chi connectivity index (χ2v) is 4.74. The molecular weight excluding hydrogens is 158 g/mol. The standard InChI is InChI=1S/C12H23N/c1-2-5-9-12(8-4-1)13-10-6-3-7-11-13/h12H,1-11H2/q+1. The summed E-state index contributed by atoms with van der Waals surface area (Å²) in [4.78, 5) is 2.77. The van der Waals surface area contributed by atoms with Crippen LogP contribution in [0.25, 0.3) is 0 Å². The van der Waals surface area contributed by atoms with Crippen molar-refractivity contribution in [1.82, 2.24) is 4.90 Å². The normalized spacial score (nSPS) is 28.6. The molecule has 1 aliphatic heterocycles. The molecule has 1 heteroatoms. The number of hydrogen-bond donors (Lipinski definition) is 0. The maximum Gasteiger partial charge on any atom is 0.132 e. The third-order valence-corrected chi connectivity index (χ3v) is 3.73. The zero-order valence-electron chi connectivity index (χ0n) is 8.80. The summed E-state index contributed by atoms with van der Waals surface area (Å²) in [5.74, 6) is 0. The maximum absolute atomic E-state index is 2.77. The van der Waals surface area contributed by atoms with Crippen LogP contribution in [0.2, 0.25) is 0 Å². The molecule has 1 saturated heterocycles. The van der Waals surface area contributed by atoms with Crippen molar-refractivity contribution >= 4 is 0 Å². The molecule has 0 aromatic carbocycles. The lowest BCUT2D eigenvalue weighted by atomic mass is 10.0. The van der Waals surface area contributed by atoms with E-state index in [0.29, 0.717) is 0 Å². The van der Waals surface area contributed by atoms with Gasteiger partial charge >= 0.3 is 0 Å². The minimum Gasteiger partial charge on any atom is -0.167 e. The molecule has 0 aromatic heterocycles. The van der Waals surface area contributed by atoms with Gasteiger partial charge in [0.25, 0.3) is 0 Å². The van der Waals surface area contributed by atoms with Gasteiger partial charge in [-0.1, -0.05) is 12.8 Å². The molecule has 13 heavy (non-hydrogen) atoms. The molecule has 1 saturated carbocycles. The van der Waals surface area contributed by atoms with E-state index in [2.05, 4.69) is 4.90 Å². The topological polar surface area (TPSA) is 5.90 Å². The van der Waals surface area contributed by atoms with Crippen LogP contribution in [-0.4, -0.2) is 19.1 Å². The summed E-state index contributed by atoms with van der Waals surface area (Å²) in [6.07, 6.45) is 13.3. The van der Waals surface area contributed by atoms with Gasteiger partial charge in [0.15, 0.2) is 0 Å². The van der Waals surface area contributed by atoms with Crippen LogP contribution in [0.3, 0.4) is 0 Å². The van der Waals surface area contributed by atoms with E-state index in [0.717, 1.165) is 6.04 Å². The number of hydrogen-bond acceptors (Lipinski definition) is 1. The Labute approximate surface area is 82.5 Å². The lowest BCUT2D eigenvalue weighted by Gasteiger charge is -2.24. The van der Waals surface area contributed by atoms with E-state index < -0.39 is 0 Å². The zero-order valence-corrected chi connectivity index (χ0v) is 8.80. The first-order valence-electron chi connectivity index (χ1n) is 6.21. The summed E-state index contributed by atoms with van der Waals surface area (Å²) in [7, 11) is 0. The highest BCUT2D eigenvalue weighted by molar-refractivity contribution is 4.81. The summed E-state index contributed by atoms with van der Waals surface area (Å²) in [5.41, 5.74) is 0. The highest BCUT2D eigenvalue weighted by Gasteiger charge is 2.29.